The Morgan fingerprint density at radius 2 is 2.15 bits per heavy atom. The summed E-state index contributed by atoms with van der Waals surface area (Å²) in [7, 11) is 0. The molecule has 1 aromatic carbocycles. The van der Waals surface area contributed by atoms with E-state index < -0.39 is 11.8 Å². The van der Waals surface area contributed by atoms with Gasteiger partial charge < -0.3 is 24.8 Å². The fourth-order valence-electron chi connectivity index (χ4n) is 8.58. The summed E-state index contributed by atoms with van der Waals surface area (Å²) in [5, 5.41) is 10.1. The average molecular weight is 561 g/mol. The van der Waals surface area contributed by atoms with Crippen molar-refractivity contribution >= 4 is 11.5 Å². The van der Waals surface area contributed by atoms with Crippen molar-refractivity contribution < 1.29 is 18.6 Å². The Hall–Kier alpha value is -3.00. The van der Waals surface area contributed by atoms with E-state index in [1.807, 2.05) is 6.07 Å². The smallest absolute Gasteiger partial charge is 0.318 e. The highest BCUT2D eigenvalue weighted by atomic mass is 19.1. The normalized spacial score (nSPS) is 35.4. The summed E-state index contributed by atoms with van der Waals surface area (Å²) in [5.41, 5.74) is 10.3. The average Bonchev–Trinajstić information content (AvgIpc) is 3.61. The first-order valence-electron chi connectivity index (χ1n) is 15.2. The standard InChI is InChI=1S/C31H37FN6O3/c1-18-5-8-31(27-20(18)3-4-23(34)21(27)13-33)12-24-22(16-41-31)28(38-15-26-25(38)6-10-39-26)36-29(35-24)40-17-30-7-2-9-37(30)14-19(32)11-30/h3-4,18-19,25-26H,2,5-12,14-17,34H2,1H3. The molecule has 6 atom stereocenters. The van der Waals surface area contributed by atoms with Crippen LogP contribution in [-0.4, -0.2) is 71.6 Å². The second-order valence-electron chi connectivity index (χ2n) is 13.0. The summed E-state index contributed by atoms with van der Waals surface area (Å²) < 4.78 is 33.5. The van der Waals surface area contributed by atoms with E-state index in [1.54, 1.807) is 0 Å². The van der Waals surface area contributed by atoms with Gasteiger partial charge in [-0.15, -0.1) is 0 Å². The molecule has 6 unspecified atom stereocenters. The van der Waals surface area contributed by atoms with Crippen molar-refractivity contribution in [2.75, 3.05) is 43.5 Å². The Kier molecular flexibility index (Phi) is 5.80. The van der Waals surface area contributed by atoms with Crippen molar-refractivity contribution in [3.8, 4) is 12.1 Å². The molecule has 1 aliphatic carbocycles. The summed E-state index contributed by atoms with van der Waals surface area (Å²) in [4.78, 5) is 14.6. The predicted octanol–water partition coefficient (Wildman–Crippen LogP) is 3.73. The molecule has 4 saturated heterocycles. The number of nitrogens with two attached hydrogens (primary N) is 1. The Balaban J connectivity index is 1.18. The van der Waals surface area contributed by atoms with Crippen LogP contribution in [0.4, 0.5) is 15.9 Å². The first-order chi connectivity index (χ1) is 19.9. The lowest BCUT2D eigenvalue weighted by Gasteiger charge is -2.47. The summed E-state index contributed by atoms with van der Waals surface area (Å²) >= 11 is 0. The molecule has 6 aliphatic rings. The Labute approximate surface area is 239 Å². The molecule has 4 fully saturated rings. The van der Waals surface area contributed by atoms with Crippen LogP contribution in [0, 0.1) is 11.3 Å². The van der Waals surface area contributed by atoms with E-state index in [4.69, 9.17) is 29.9 Å². The van der Waals surface area contributed by atoms with Crippen LogP contribution in [0.25, 0.3) is 0 Å². The SMILES string of the molecule is CC1CCC2(Cc3nc(OCC45CCCN4CC(F)C5)nc(N4CC5OCCC54)c3CO2)c2c1ccc(N)c2C#N. The summed E-state index contributed by atoms with van der Waals surface area (Å²) in [6.07, 6.45) is 5.15. The molecule has 2 aromatic rings. The van der Waals surface area contributed by atoms with E-state index in [1.165, 1.54) is 0 Å². The molecule has 216 valence electrons. The van der Waals surface area contributed by atoms with Crippen LogP contribution in [0.3, 0.4) is 0 Å². The van der Waals surface area contributed by atoms with Gasteiger partial charge in [0.15, 0.2) is 0 Å². The molecular formula is C31H37FN6O3. The van der Waals surface area contributed by atoms with Gasteiger partial charge in [-0.1, -0.05) is 13.0 Å². The number of hydrogen-bond donors (Lipinski definition) is 1. The second kappa shape index (κ2) is 9.25. The zero-order valence-corrected chi connectivity index (χ0v) is 23.6. The topological polar surface area (TPSA) is 110 Å². The Morgan fingerprint density at radius 1 is 1.24 bits per heavy atom. The highest BCUT2D eigenvalue weighted by Crippen LogP contribution is 2.51. The van der Waals surface area contributed by atoms with Crippen molar-refractivity contribution in [1.82, 2.24) is 14.9 Å². The van der Waals surface area contributed by atoms with Gasteiger partial charge in [0.2, 0.25) is 0 Å². The Morgan fingerprint density at radius 3 is 3.00 bits per heavy atom. The van der Waals surface area contributed by atoms with Crippen molar-refractivity contribution in [3.05, 3.63) is 40.1 Å². The lowest BCUT2D eigenvalue weighted by atomic mass is 9.69. The number of halogens is 1. The van der Waals surface area contributed by atoms with Gasteiger partial charge in [-0.25, -0.2) is 4.39 Å². The minimum absolute atomic E-state index is 0.236. The second-order valence-corrected chi connectivity index (χ2v) is 13.0. The molecule has 9 nitrogen and oxygen atoms in total. The maximum Gasteiger partial charge on any atom is 0.318 e. The Bertz CT molecular complexity index is 1450. The first kappa shape index (κ1) is 25.7. The molecule has 1 aromatic heterocycles. The molecule has 0 bridgehead atoms. The van der Waals surface area contributed by atoms with Gasteiger partial charge in [0.25, 0.3) is 0 Å². The van der Waals surface area contributed by atoms with Crippen LogP contribution in [0.1, 0.15) is 79.3 Å². The molecule has 0 radical (unpaired) electrons. The summed E-state index contributed by atoms with van der Waals surface area (Å²) in [6, 6.07) is 6.92. The molecule has 10 heteroatoms. The van der Waals surface area contributed by atoms with Gasteiger partial charge in [-0.05, 0) is 56.2 Å². The number of fused-ring (bicyclic) bond motifs is 5. The van der Waals surface area contributed by atoms with Gasteiger partial charge in [-0.3, -0.25) is 4.90 Å². The third kappa shape index (κ3) is 3.81. The van der Waals surface area contributed by atoms with Crippen LogP contribution in [0.5, 0.6) is 6.01 Å². The molecule has 8 rings (SSSR count). The molecular weight excluding hydrogens is 523 g/mol. The number of rotatable bonds is 4. The number of nitrogen functional groups attached to an aromatic ring is 1. The third-order valence-electron chi connectivity index (χ3n) is 10.8. The van der Waals surface area contributed by atoms with Crippen molar-refractivity contribution in [2.45, 2.75) is 93.9 Å². The fourth-order valence-corrected chi connectivity index (χ4v) is 8.58. The highest BCUT2D eigenvalue weighted by molar-refractivity contribution is 5.64. The van der Waals surface area contributed by atoms with Crippen LogP contribution < -0.4 is 15.4 Å². The number of aromatic nitrogens is 2. The van der Waals surface area contributed by atoms with Crippen LogP contribution in [-0.2, 0) is 28.1 Å². The number of benzene rings is 1. The number of anilines is 2. The van der Waals surface area contributed by atoms with E-state index in [0.717, 1.165) is 80.0 Å². The van der Waals surface area contributed by atoms with Crippen LogP contribution in [0.2, 0.25) is 0 Å². The zero-order valence-electron chi connectivity index (χ0n) is 23.6. The third-order valence-corrected chi connectivity index (χ3v) is 10.8. The zero-order chi connectivity index (χ0) is 27.9. The van der Waals surface area contributed by atoms with Gasteiger partial charge in [-0.2, -0.15) is 15.2 Å². The number of nitrogens with zero attached hydrogens (tertiary/aromatic N) is 5. The molecule has 0 saturated carbocycles. The summed E-state index contributed by atoms with van der Waals surface area (Å²) in [5.74, 6) is 1.17. The molecule has 6 heterocycles. The number of alkyl halides is 1. The molecule has 1 spiro atoms. The first-order valence-corrected chi connectivity index (χ1v) is 15.2. The monoisotopic (exact) mass is 560 g/mol. The lowest BCUT2D eigenvalue weighted by molar-refractivity contribution is -0.0874. The minimum Gasteiger partial charge on any atom is -0.461 e. The number of hydrogen-bond acceptors (Lipinski definition) is 9. The number of nitriles is 1. The minimum atomic E-state index is -0.813. The van der Waals surface area contributed by atoms with Gasteiger partial charge in [0.05, 0.1) is 35.5 Å². The van der Waals surface area contributed by atoms with Crippen LogP contribution in [0.15, 0.2) is 12.1 Å². The van der Waals surface area contributed by atoms with E-state index in [2.05, 4.69) is 28.9 Å². The lowest BCUT2D eigenvalue weighted by Crippen LogP contribution is -2.58. The van der Waals surface area contributed by atoms with Crippen molar-refractivity contribution in [3.63, 3.8) is 0 Å². The molecule has 41 heavy (non-hydrogen) atoms. The highest BCUT2D eigenvalue weighted by Gasteiger charge is 2.51. The van der Waals surface area contributed by atoms with Gasteiger partial charge in [0.1, 0.15) is 30.3 Å². The van der Waals surface area contributed by atoms with E-state index in [9.17, 15) is 9.65 Å². The fraction of sp³-hybridized carbons (Fsp3) is 0.645. The molecule has 5 aliphatic heterocycles. The largest absolute Gasteiger partial charge is 0.461 e. The number of ether oxygens (including phenoxy) is 3. The molecule has 2 N–H and O–H groups in total. The van der Waals surface area contributed by atoms with Gasteiger partial charge in [0, 0.05) is 49.4 Å². The maximum atomic E-state index is 14.4. The predicted molar refractivity (Wildman–Crippen MR) is 149 cm³/mol. The van der Waals surface area contributed by atoms with E-state index >= 15 is 0 Å². The molecule has 0 amide bonds. The van der Waals surface area contributed by atoms with Crippen molar-refractivity contribution in [1.29, 1.82) is 5.26 Å². The van der Waals surface area contributed by atoms with Crippen molar-refractivity contribution in [2.24, 2.45) is 0 Å². The van der Waals surface area contributed by atoms with Crippen LogP contribution >= 0.6 is 0 Å². The maximum absolute atomic E-state index is 14.4. The van der Waals surface area contributed by atoms with E-state index in [0.29, 0.717) is 61.8 Å². The summed E-state index contributed by atoms with van der Waals surface area (Å²) in [6.45, 7) is 5.89. The quantitative estimate of drug-likeness (QED) is 0.560. The van der Waals surface area contributed by atoms with E-state index in [-0.39, 0.29) is 11.6 Å². The van der Waals surface area contributed by atoms with Gasteiger partial charge >= 0.3 is 6.01 Å².